The molecule has 0 spiro atoms. The van der Waals surface area contributed by atoms with E-state index in [1.54, 1.807) is 4.90 Å². The van der Waals surface area contributed by atoms with E-state index in [0.29, 0.717) is 18.7 Å². The maximum atomic E-state index is 13.7. The summed E-state index contributed by atoms with van der Waals surface area (Å²) >= 11 is 0. The Hall–Kier alpha value is -2.66. The normalized spacial score (nSPS) is 26.8. The highest BCUT2D eigenvalue weighted by Crippen LogP contribution is 2.51. The number of amides is 2. The molecule has 2 amide bonds. The Bertz CT molecular complexity index is 891. The third-order valence-electron chi connectivity index (χ3n) is 6.03. The zero-order valence-electron chi connectivity index (χ0n) is 15.1. The fraction of sp³-hybridized carbons (Fsp3) is 0.364. The molecule has 5 heteroatoms. The van der Waals surface area contributed by atoms with Crippen LogP contribution in [0.5, 0.6) is 0 Å². The van der Waals surface area contributed by atoms with E-state index in [-0.39, 0.29) is 11.8 Å². The predicted molar refractivity (Wildman–Crippen MR) is 100 cm³/mol. The number of likely N-dealkylation sites (tertiary alicyclic amines) is 1. The van der Waals surface area contributed by atoms with Gasteiger partial charge in [-0.05, 0) is 24.5 Å². The maximum absolute atomic E-state index is 13.7. The maximum Gasteiger partial charge on any atom is 0.256 e. The van der Waals surface area contributed by atoms with Crippen molar-refractivity contribution < 1.29 is 14.3 Å². The number of hydrogen-bond acceptors (Lipinski definition) is 3. The molecule has 3 aliphatic heterocycles. The molecule has 0 aromatic heterocycles. The molecule has 3 heterocycles. The molecule has 0 unspecified atom stereocenters. The van der Waals surface area contributed by atoms with Gasteiger partial charge in [0.1, 0.15) is 5.92 Å². The van der Waals surface area contributed by atoms with Gasteiger partial charge in [-0.2, -0.15) is 0 Å². The van der Waals surface area contributed by atoms with Crippen molar-refractivity contribution in [1.82, 2.24) is 9.80 Å². The van der Waals surface area contributed by atoms with Crippen LogP contribution in [0.25, 0.3) is 0 Å². The molecule has 3 aliphatic rings. The lowest BCUT2D eigenvalue weighted by molar-refractivity contribution is -0.151. The highest BCUT2D eigenvalue weighted by Gasteiger charge is 2.60. The van der Waals surface area contributed by atoms with Crippen LogP contribution in [0.2, 0.25) is 0 Å². The number of rotatable bonds is 2. The van der Waals surface area contributed by atoms with Crippen LogP contribution in [0.1, 0.15) is 40.2 Å². The van der Waals surface area contributed by atoms with Gasteiger partial charge in [0.25, 0.3) is 5.91 Å². The molecule has 2 aromatic carbocycles. The molecule has 5 nitrogen and oxygen atoms in total. The molecule has 5 rings (SSSR count). The van der Waals surface area contributed by atoms with E-state index in [4.69, 9.17) is 4.74 Å². The van der Waals surface area contributed by atoms with E-state index in [9.17, 15) is 9.59 Å². The standard InChI is InChI=1S/C22H22N2O3/c25-20-18-11-5-4-10-17(18)19(21(26)23-12-6-7-13-23)22(24(20)14-15-27-22)16-8-2-1-3-9-16/h1-5,8-11,19H,6-7,12-15H2/t19-,22+/m0/s1. The summed E-state index contributed by atoms with van der Waals surface area (Å²) in [6.45, 7) is 2.47. The van der Waals surface area contributed by atoms with Crippen molar-refractivity contribution in [1.29, 1.82) is 0 Å². The molecule has 2 atom stereocenters. The second-order valence-corrected chi connectivity index (χ2v) is 7.42. The molecule has 2 aromatic rings. The molecule has 0 bridgehead atoms. The van der Waals surface area contributed by atoms with Crippen molar-refractivity contribution in [3.05, 3.63) is 71.3 Å². The van der Waals surface area contributed by atoms with Gasteiger partial charge in [-0.25, -0.2) is 0 Å². The number of hydrogen-bond donors (Lipinski definition) is 0. The Labute approximate surface area is 158 Å². The first kappa shape index (κ1) is 16.5. The third kappa shape index (κ3) is 2.28. The Morgan fingerprint density at radius 3 is 2.44 bits per heavy atom. The van der Waals surface area contributed by atoms with Crippen molar-refractivity contribution in [3.8, 4) is 0 Å². The molecule has 0 N–H and O–H groups in total. The molecular weight excluding hydrogens is 340 g/mol. The van der Waals surface area contributed by atoms with Crippen LogP contribution in [-0.2, 0) is 15.3 Å². The smallest absolute Gasteiger partial charge is 0.256 e. The summed E-state index contributed by atoms with van der Waals surface area (Å²) in [7, 11) is 0. The first-order valence-corrected chi connectivity index (χ1v) is 9.62. The Morgan fingerprint density at radius 1 is 0.963 bits per heavy atom. The molecule has 0 radical (unpaired) electrons. The SMILES string of the molecule is O=C([C@@H]1c2ccccc2C(=O)N2CCO[C@]12c1ccccc1)N1CCCC1. The number of ether oxygens (including phenoxy) is 1. The Balaban J connectivity index is 1.75. The van der Waals surface area contributed by atoms with Gasteiger partial charge < -0.3 is 14.5 Å². The van der Waals surface area contributed by atoms with Crippen molar-refractivity contribution in [2.24, 2.45) is 0 Å². The van der Waals surface area contributed by atoms with Crippen molar-refractivity contribution in [2.75, 3.05) is 26.2 Å². The molecule has 2 saturated heterocycles. The minimum absolute atomic E-state index is 0.0579. The number of fused-ring (bicyclic) bond motifs is 2. The minimum Gasteiger partial charge on any atom is -0.348 e. The number of benzene rings is 2. The van der Waals surface area contributed by atoms with E-state index in [0.717, 1.165) is 37.1 Å². The molecule has 27 heavy (non-hydrogen) atoms. The summed E-state index contributed by atoms with van der Waals surface area (Å²) < 4.78 is 6.31. The van der Waals surface area contributed by atoms with E-state index >= 15 is 0 Å². The van der Waals surface area contributed by atoms with E-state index < -0.39 is 11.6 Å². The summed E-state index contributed by atoms with van der Waals surface area (Å²) in [5, 5.41) is 0. The van der Waals surface area contributed by atoms with E-state index in [1.165, 1.54) is 0 Å². The Kier molecular flexibility index (Phi) is 3.79. The Morgan fingerprint density at radius 2 is 1.67 bits per heavy atom. The van der Waals surface area contributed by atoms with Gasteiger partial charge in [-0.1, -0.05) is 48.5 Å². The zero-order chi connectivity index (χ0) is 18.4. The van der Waals surface area contributed by atoms with Gasteiger partial charge in [0.05, 0.1) is 6.61 Å². The fourth-order valence-electron chi connectivity index (χ4n) is 4.83. The van der Waals surface area contributed by atoms with Crippen LogP contribution in [0.15, 0.2) is 54.6 Å². The average Bonchev–Trinajstić information content (AvgIpc) is 3.40. The van der Waals surface area contributed by atoms with Crippen LogP contribution in [0, 0.1) is 0 Å². The fourth-order valence-corrected chi connectivity index (χ4v) is 4.83. The predicted octanol–water partition coefficient (Wildman–Crippen LogP) is 2.73. The molecular formula is C22H22N2O3. The topological polar surface area (TPSA) is 49.9 Å². The van der Waals surface area contributed by atoms with Crippen molar-refractivity contribution >= 4 is 11.8 Å². The average molecular weight is 362 g/mol. The zero-order valence-corrected chi connectivity index (χ0v) is 15.1. The van der Waals surface area contributed by atoms with Gasteiger partial charge in [0.2, 0.25) is 5.91 Å². The lowest BCUT2D eigenvalue weighted by Gasteiger charge is -2.47. The van der Waals surface area contributed by atoms with E-state index in [2.05, 4.69) is 0 Å². The summed E-state index contributed by atoms with van der Waals surface area (Å²) in [4.78, 5) is 30.7. The number of nitrogens with zero attached hydrogens (tertiary/aromatic N) is 2. The van der Waals surface area contributed by atoms with E-state index in [1.807, 2.05) is 59.5 Å². The molecule has 0 aliphatic carbocycles. The largest absolute Gasteiger partial charge is 0.348 e. The van der Waals surface area contributed by atoms with Crippen molar-refractivity contribution in [2.45, 2.75) is 24.5 Å². The lowest BCUT2D eigenvalue weighted by Crippen LogP contribution is -2.57. The highest BCUT2D eigenvalue weighted by atomic mass is 16.5. The second-order valence-electron chi connectivity index (χ2n) is 7.42. The molecule has 138 valence electrons. The van der Waals surface area contributed by atoms with Gasteiger partial charge >= 0.3 is 0 Å². The monoisotopic (exact) mass is 362 g/mol. The van der Waals surface area contributed by atoms with Crippen LogP contribution in [0.3, 0.4) is 0 Å². The number of carbonyl (C=O) groups excluding carboxylic acids is 2. The second kappa shape index (κ2) is 6.20. The first-order valence-electron chi connectivity index (χ1n) is 9.62. The summed E-state index contributed by atoms with van der Waals surface area (Å²) in [5.41, 5.74) is 1.20. The molecule has 2 fully saturated rings. The van der Waals surface area contributed by atoms with Crippen LogP contribution in [-0.4, -0.2) is 47.9 Å². The van der Waals surface area contributed by atoms with Gasteiger partial charge in [0.15, 0.2) is 5.72 Å². The van der Waals surface area contributed by atoms with Crippen molar-refractivity contribution in [3.63, 3.8) is 0 Å². The minimum atomic E-state index is -1.06. The third-order valence-corrected chi connectivity index (χ3v) is 6.03. The van der Waals surface area contributed by atoms with Crippen LogP contribution < -0.4 is 0 Å². The first-order chi connectivity index (χ1) is 13.2. The van der Waals surface area contributed by atoms with Crippen LogP contribution in [0.4, 0.5) is 0 Å². The van der Waals surface area contributed by atoms with Gasteiger partial charge in [-0.3, -0.25) is 9.59 Å². The highest BCUT2D eigenvalue weighted by molar-refractivity contribution is 6.02. The van der Waals surface area contributed by atoms with Crippen LogP contribution >= 0.6 is 0 Å². The van der Waals surface area contributed by atoms with Gasteiger partial charge in [0, 0.05) is 30.8 Å². The summed E-state index contributed by atoms with van der Waals surface area (Å²) in [5.74, 6) is -0.546. The summed E-state index contributed by atoms with van der Waals surface area (Å²) in [6.07, 6.45) is 2.06. The van der Waals surface area contributed by atoms with Gasteiger partial charge in [-0.15, -0.1) is 0 Å². The molecule has 0 saturated carbocycles. The summed E-state index contributed by atoms with van der Waals surface area (Å²) in [6, 6.07) is 17.2. The number of carbonyl (C=O) groups is 2. The quantitative estimate of drug-likeness (QED) is 0.825. The lowest BCUT2D eigenvalue weighted by atomic mass is 9.76.